The molecule has 0 amide bonds. The lowest BCUT2D eigenvalue weighted by Crippen LogP contribution is -2.30. The van der Waals surface area contributed by atoms with E-state index < -0.39 is 97.5 Å². The number of rotatable bonds is 74. The second-order valence-electron chi connectivity index (χ2n) is 26.2. The number of phosphoric ester groups is 2. The van der Waals surface area contributed by atoms with Crippen molar-refractivity contribution in [1.29, 1.82) is 0 Å². The fraction of sp³-hybridized carbons (Fsp3) is 0.596. The highest BCUT2D eigenvalue weighted by Gasteiger charge is 2.30. The van der Waals surface area contributed by atoms with Gasteiger partial charge in [-0.05, 0) is 167 Å². The molecule has 5 unspecified atom stereocenters. The van der Waals surface area contributed by atoms with Crippen molar-refractivity contribution in [2.75, 3.05) is 39.6 Å². The molecular weight excluding hydrogens is 1400 g/mol. The molecule has 0 heterocycles. The van der Waals surface area contributed by atoms with Crippen LogP contribution in [-0.2, 0) is 65.4 Å². The SMILES string of the molecule is CC/C=C\C/C=C\C/C=C\C/C=C\C/C=C\C/C=C\CCC(=O)OCC(COP(=O)(O)OCC(O)COP(=O)(O)OCC(COC(=O)CCCCCCCC/C=C\C/C=C\C/C=C\CCCCC)OC(=O)CCCCCCC/C=C\C/C=C\CCC)OC(=O)CCC/C=C\C/C=C\C/C=C\C/C=C\C/C=C\CC. The predicted octanol–water partition coefficient (Wildman–Crippen LogP) is 24.1. The molecule has 0 saturated heterocycles. The number of carbonyl (C=O) groups is 4. The van der Waals surface area contributed by atoms with Crippen molar-refractivity contribution in [3.63, 3.8) is 0 Å². The molecule has 0 radical (unpaired) electrons. The third-order valence-corrected chi connectivity index (χ3v) is 17.9. The minimum atomic E-state index is -5.02. The Labute approximate surface area is 653 Å². The van der Waals surface area contributed by atoms with Crippen LogP contribution >= 0.6 is 15.6 Å². The number of aliphatic hydroxyl groups is 1. The van der Waals surface area contributed by atoms with Crippen molar-refractivity contribution in [2.45, 2.75) is 303 Å². The summed E-state index contributed by atoms with van der Waals surface area (Å²) in [6, 6.07) is 0. The Morgan fingerprint density at radius 1 is 0.269 bits per heavy atom. The first kappa shape index (κ1) is 102. The molecule has 0 aromatic rings. The number of carbonyl (C=O) groups excluding carboxylic acids is 4. The normalized spacial score (nSPS) is 14.8. The lowest BCUT2D eigenvalue weighted by molar-refractivity contribution is -0.161. The molecule has 0 spiro atoms. The van der Waals surface area contributed by atoms with Crippen molar-refractivity contribution in [3.8, 4) is 0 Å². The van der Waals surface area contributed by atoms with Crippen LogP contribution in [-0.4, -0.2) is 96.7 Å². The zero-order valence-electron chi connectivity index (χ0n) is 66.7. The van der Waals surface area contributed by atoms with E-state index in [1.165, 1.54) is 19.3 Å². The quantitative estimate of drug-likeness (QED) is 0.0169. The first-order valence-electron chi connectivity index (χ1n) is 40.7. The molecule has 17 nitrogen and oxygen atoms in total. The maximum absolute atomic E-state index is 13.1. The molecule has 108 heavy (non-hydrogen) atoms. The summed E-state index contributed by atoms with van der Waals surface area (Å²) in [5.41, 5.74) is 0. The molecule has 3 N–H and O–H groups in total. The molecule has 0 aromatic carbocycles. The zero-order chi connectivity index (χ0) is 78.9. The van der Waals surface area contributed by atoms with Crippen LogP contribution in [0.1, 0.15) is 285 Å². The van der Waals surface area contributed by atoms with Gasteiger partial charge < -0.3 is 33.8 Å². The number of phosphoric acid groups is 2. The highest BCUT2D eigenvalue weighted by Crippen LogP contribution is 2.45. The smallest absolute Gasteiger partial charge is 0.462 e. The van der Waals surface area contributed by atoms with E-state index in [-0.39, 0.29) is 25.7 Å². The second-order valence-corrected chi connectivity index (χ2v) is 29.1. The topological polar surface area (TPSA) is 237 Å². The highest BCUT2D eigenvalue weighted by molar-refractivity contribution is 7.47. The van der Waals surface area contributed by atoms with Gasteiger partial charge in [0.2, 0.25) is 0 Å². The van der Waals surface area contributed by atoms with Crippen LogP contribution in [0.15, 0.2) is 194 Å². The Hall–Kier alpha value is -6.10. The van der Waals surface area contributed by atoms with E-state index in [9.17, 15) is 43.2 Å². The monoisotopic (exact) mass is 1540 g/mol. The Kier molecular flexibility index (Phi) is 74.5. The molecule has 0 aliphatic rings. The third kappa shape index (κ3) is 78.0. The van der Waals surface area contributed by atoms with Gasteiger partial charge in [0.15, 0.2) is 12.2 Å². The maximum atomic E-state index is 13.1. The molecule has 0 saturated carbocycles. The maximum Gasteiger partial charge on any atom is 0.472 e. The summed E-state index contributed by atoms with van der Waals surface area (Å²) < 4.78 is 68.5. The highest BCUT2D eigenvalue weighted by atomic mass is 31.2. The number of ether oxygens (including phenoxy) is 4. The van der Waals surface area contributed by atoms with Crippen molar-refractivity contribution in [3.05, 3.63) is 194 Å². The van der Waals surface area contributed by atoms with Crippen molar-refractivity contribution < 1.29 is 80.2 Å². The average Bonchev–Trinajstić information content (AvgIpc) is 0.886. The number of hydrogen-bond donors (Lipinski definition) is 3. The predicted molar refractivity (Wildman–Crippen MR) is 445 cm³/mol. The van der Waals surface area contributed by atoms with Gasteiger partial charge in [0, 0.05) is 25.7 Å². The first-order chi connectivity index (χ1) is 52.7. The fourth-order valence-corrected chi connectivity index (χ4v) is 11.5. The molecule has 0 bridgehead atoms. The van der Waals surface area contributed by atoms with Gasteiger partial charge >= 0.3 is 39.5 Å². The van der Waals surface area contributed by atoms with Gasteiger partial charge in [-0.3, -0.25) is 37.3 Å². The summed E-state index contributed by atoms with van der Waals surface area (Å²) >= 11 is 0. The molecule has 0 rings (SSSR count). The van der Waals surface area contributed by atoms with Crippen molar-refractivity contribution >= 4 is 39.5 Å². The Balaban J connectivity index is 5.51. The van der Waals surface area contributed by atoms with Gasteiger partial charge in [-0.15, -0.1) is 0 Å². The van der Waals surface area contributed by atoms with Gasteiger partial charge in [0.05, 0.1) is 26.4 Å². The van der Waals surface area contributed by atoms with E-state index >= 15 is 0 Å². The van der Waals surface area contributed by atoms with E-state index in [2.05, 4.69) is 192 Å². The molecule has 19 heteroatoms. The number of unbranched alkanes of at least 4 members (excludes halogenated alkanes) is 16. The van der Waals surface area contributed by atoms with Crippen LogP contribution in [0.2, 0.25) is 0 Å². The van der Waals surface area contributed by atoms with Gasteiger partial charge in [-0.25, -0.2) is 9.13 Å². The van der Waals surface area contributed by atoms with Crippen LogP contribution in [0.3, 0.4) is 0 Å². The van der Waals surface area contributed by atoms with Crippen LogP contribution in [0, 0.1) is 0 Å². The number of allylic oxidation sites excluding steroid dienone is 32. The zero-order valence-corrected chi connectivity index (χ0v) is 68.5. The Morgan fingerprint density at radius 3 is 0.870 bits per heavy atom. The lowest BCUT2D eigenvalue weighted by atomic mass is 10.1. The molecule has 0 aliphatic carbocycles. The van der Waals surface area contributed by atoms with Gasteiger partial charge in [0.1, 0.15) is 19.3 Å². The summed E-state index contributed by atoms with van der Waals surface area (Å²) in [6.07, 6.45) is 97.2. The molecule has 5 atom stereocenters. The van der Waals surface area contributed by atoms with Crippen LogP contribution in [0.5, 0.6) is 0 Å². The molecule has 0 aliphatic heterocycles. The van der Waals surface area contributed by atoms with E-state index in [1.54, 1.807) is 0 Å². The van der Waals surface area contributed by atoms with Crippen LogP contribution in [0.4, 0.5) is 0 Å². The van der Waals surface area contributed by atoms with E-state index in [1.807, 2.05) is 30.4 Å². The Morgan fingerprint density at radius 2 is 0.528 bits per heavy atom. The van der Waals surface area contributed by atoms with E-state index in [4.69, 9.17) is 37.0 Å². The lowest BCUT2D eigenvalue weighted by Gasteiger charge is -2.21. The minimum Gasteiger partial charge on any atom is -0.462 e. The summed E-state index contributed by atoms with van der Waals surface area (Å²) in [6.45, 7) is 4.35. The minimum absolute atomic E-state index is 0.00781. The van der Waals surface area contributed by atoms with E-state index in [0.29, 0.717) is 38.5 Å². The second kappa shape index (κ2) is 79.0. The Bertz CT molecular complexity index is 2810. The summed E-state index contributed by atoms with van der Waals surface area (Å²) in [5.74, 6) is -2.39. The van der Waals surface area contributed by atoms with Gasteiger partial charge in [-0.1, -0.05) is 286 Å². The summed E-state index contributed by atoms with van der Waals surface area (Å²) in [5, 5.41) is 10.6. The van der Waals surface area contributed by atoms with Crippen molar-refractivity contribution in [1.82, 2.24) is 0 Å². The standard InChI is InChI=1S/C89H142O17P2/c1-5-9-13-17-21-25-29-33-36-39-41-44-46-50-53-57-61-65-69-73-86(91)99-79-84(105-88(93)75-71-67-63-59-55-49-32-28-24-20-16-12-8-4)81-103-107(95,96)101-77-83(90)78-102-108(97,98)104-82-85(106-89(94)76-72-68-64-60-56-52-48-43-38-35-31-27-23-19-15-11-7-3)80-100-87(92)74-70-66-62-58-54-51-47-45-42-40-37-34-30-26-22-18-14-10-6-2/h10-11,14-16,20-23,25-28,32-38,41-42,44-45,48,51-52,54,60,62,64,66,83-85,90H,5-9,12-13,17-19,24,29-31,39-40,43,46-47,49-50,53,55-59,61,63,65,67-82H2,1-4H3,(H,95,96)(H,97,98)/b14-10-,15-11-,20-16-,25-21-,26-22-,27-23-,32-28-,36-33-,37-34-,38-35-,44-41-,45-42-,52-48-,54-51-,64-60-,66-62-. The van der Waals surface area contributed by atoms with Gasteiger partial charge in [-0.2, -0.15) is 0 Å². The fourth-order valence-electron chi connectivity index (χ4n) is 9.91. The third-order valence-electron chi connectivity index (χ3n) is 16.0. The largest absolute Gasteiger partial charge is 0.472 e. The first-order valence-corrected chi connectivity index (χ1v) is 43.7. The summed E-state index contributed by atoms with van der Waals surface area (Å²) in [7, 11) is -10.0. The number of esters is 4. The van der Waals surface area contributed by atoms with Crippen LogP contribution in [0.25, 0.3) is 0 Å². The molecular formula is C89H142O17P2. The van der Waals surface area contributed by atoms with Gasteiger partial charge in [0.25, 0.3) is 0 Å². The molecule has 610 valence electrons. The average molecular weight is 1550 g/mol. The summed E-state index contributed by atoms with van der Waals surface area (Å²) in [4.78, 5) is 73.1. The molecule has 0 fully saturated rings. The van der Waals surface area contributed by atoms with E-state index in [0.717, 1.165) is 173 Å². The number of aliphatic hydroxyl groups excluding tert-OH is 1. The molecule has 0 aromatic heterocycles. The van der Waals surface area contributed by atoms with Crippen LogP contribution < -0.4 is 0 Å². The van der Waals surface area contributed by atoms with Crippen molar-refractivity contribution in [2.24, 2.45) is 0 Å². The number of hydrogen-bond acceptors (Lipinski definition) is 15.